The third-order valence-electron chi connectivity index (χ3n) is 3.06. The molecule has 0 aromatic carbocycles. The second-order valence-electron chi connectivity index (χ2n) is 4.32. The minimum atomic E-state index is -0.134. The van der Waals surface area contributed by atoms with E-state index in [0.717, 1.165) is 12.2 Å². The summed E-state index contributed by atoms with van der Waals surface area (Å²) in [6.45, 7) is 0. The Balaban J connectivity index is 1.66. The largest absolute Gasteiger partial charge is 0.504 e. The lowest BCUT2D eigenvalue weighted by Gasteiger charge is -2.04. The van der Waals surface area contributed by atoms with Crippen LogP contribution in [0.2, 0.25) is 0 Å². The lowest BCUT2D eigenvalue weighted by Crippen LogP contribution is -2.15. The summed E-state index contributed by atoms with van der Waals surface area (Å²) in [6, 6.07) is 6.77. The summed E-state index contributed by atoms with van der Waals surface area (Å²) in [5.41, 5.74) is 0. The maximum Gasteiger partial charge on any atom is 0.229 e. The molecule has 0 radical (unpaired) electrons. The fourth-order valence-electron chi connectivity index (χ4n) is 2.00. The van der Waals surface area contributed by atoms with E-state index in [2.05, 4.69) is 10.3 Å². The first-order valence-electron chi connectivity index (χ1n) is 5.74. The highest BCUT2D eigenvalue weighted by Gasteiger charge is 2.46. The Morgan fingerprint density at radius 1 is 1.44 bits per heavy atom. The zero-order valence-corrected chi connectivity index (χ0v) is 9.54. The van der Waals surface area contributed by atoms with Crippen LogP contribution >= 0.6 is 0 Å². The number of nitrogens with one attached hydrogen (secondary N) is 1. The van der Waals surface area contributed by atoms with Gasteiger partial charge in [0.15, 0.2) is 11.6 Å². The van der Waals surface area contributed by atoms with Gasteiger partial charge in [-0.2, -0.15) is 0 Å². The lowest BCUT2D eigenvalue weighted by atomic mass is 10.2. The van der Waals surface area contributed by atoms with E-state index in [4.69, 9.17) is 4.42 Å². The van der Waals surface area contributed by atoms with Gasteiger partial charge in [0, 0.05) is 18.0 Å². The van der Waals surface area contributed by atoms with Crippen molar-refractivity contribution in [2.75, 3.05) is 5.32 Å². The van der Waals surface area contributed by atoms with E-state index in [-0.39, 0.29) is 29.3 Å². The van der Waals surface area contributed by atoms with Crippen LogP contribution in [0.15, 0.2) is 41.1 Å². The normalized spacial score (nSPS) is 21.6. The highest BCUT2D eigenvalue weighted by Crippen LogP contribution is 2.48. The Kier molecular flexibility index (Phi) is 2.51. The molecule has 2 aromatic rings. The molecule has 0 bridgehead atoms. The minimum absolute atomic E-state index is 0.0268. The Morgan fingerprint density at radius 3 is 3.06 bits per heavy atom. The van der Waals surface area contributed by atoms with Crippen molar-refractivity contribution < 1.29 is 14.3 Å². The molecule has 1 amide bonds. The average molecular weight is 244 g/mol. The monoisotopic (exact) mass is 244 g/mol. The maximum absolute atomic E-state index is 11.9. The Hall–Kier alpha value is -2.30. The number of furan rings is 1. The number of carbonyl (C=O) groups excluding carboxylic acids is 1. The average Bonchev–Trinajstić information content (AvgIpc) is 2.99. The Morgan fingerprint density at radius 2 is 2.33 bits per heavy atom. The molecule has 2 N–H and O–H groups in total. The van der Waals surface area contributed by atoms with Crippen molar-refractivity contribution in [2.24, 2.45) is 5.92 Å². The van der Waals surface area contributed by atoms with Crippen LogP contribution in [-0.4, -0.2) is 16.0 Å². The van der Waals surface area contributed by atoms with E-state index in [9.17, 15) is 9.90 Å². The molecule has 2 heterocycles. The number of hydrogen-bond donors (Lipinski definition) is 2. The molecule has 92 valence electrons. The number of anilines is 1. The molecule has 2 atom stereocenters. The highest BCUT2D eigenvalue weighted by molar-refractivity contribution is 5.95. The highest BCUT2D eigenvalue weighted by atomic mass is 16.3. The first-order chi connectivity index (χ1) is 8.75. The van der Waals surface area contributed by atoms with Crippen molar-refractivity contribution in [3.8, 4) is 5.75 Å². The van der Waals surface area contributed by atoms with Gasteiger partial charge in [-0.05, 0) is 30.7 Å². The van der Waals surface area contributed by atoms with Crippen LogP contribution in [0, 0.1) is 5.92 Å². The van der Waals surface area contributed by atoms with E-state index >= 15 is 0 Å². The van der Waals surface area contributed by atoms with Gasteiger partial charge in [0.2, 0.25) is 5.91 Å². The summed E-state index contributed by atoms with van der Waals surface area (Å²) in [5, 5.41) is 12.1. The fourth-order valence-corrected chi connectivity index (χ4v) is 2.00. The second kappa shape index (κ2) is 4.18. The second-order valence-corrected chi connectivity index (χ2v) is 4.32. The maximum atomic E-state index is 11.9. The molecule has 0 aliphatic heterocycles. The van der Waals surface area contributed by atoms with Gasteiger partial charge in [-0.3, -0.25) is 4.79 Å². The molecular weight excluding hydrogens is 232 g/mol. The van der Waals surface area contributed by atoms with E-state index < -0.39 is 0 Å². The summed E-state index contributed by atoms with van der Waals surface area (Å²) < 4.78 is 5.27. The molecule has 5 heteroatoms. The third-order valence-corrected chi connectivity index (χ3v) is 3.06. The quantitative estimate of drug-likeness (QED) is 0.867. The first kappa shape index (κ1) is 10.8. The van der Waals surface area contributed by atoms with Crippen LogP contribution in [0.3, 0.4) is 0 Å². The first-order valence-corrected chi connectivity index (χ1v) is 5.74. The third kappa shape index (κ3) is 1.95. The zero-order valence-electron chi connectivity index (χ0n) is 9.54. The molecule has 1 aliphatic rings. The number of rotatable bonds is 3. The van der Waals surface area contributed by atoms with Crippen LogP contribution in [0.1, 0.15) is 18.1 Å². The van der Waals surface area contributed by atoms with Crippen molar-refractivity contribution in [2.45, 2.75) is 12.3 Å². The predicted molar refractivity (Wildman–Crippen MR) is 64.1 cm³/mol. The van der Waals surface area contributed by atoms with Crippen LogP contribution in [0.4, 0.5) is 5.82 Å². The summed E-state index contributed by atoms with van der Waals surface area (Å²) in [5.74, 6) is 0.919. The minimum Gasteiger partial charge on any atom is -0.504 e. The number of aromatic hydroxyl groups is 1. The van der Waals surface area contributed by atoms with Crippen LogP contribution < -0.4 is 5.32 Å². The summed E-state index contributed by atoms with van der Waals surface area (Å²) >= 11 is 0. The van der Waals surface area contributed by atoms with Gasteiger partial charge >= 0.3 is 0 Å². The van der Waals surface area contributed by atoms with Crippen molar-refractivity contribution in [1.29, 1.82) is 0 Å². The zero-order chi connectivity index (χ0) is 12.5. The van der Waals surface area contributed by atoms with Crippen LogP contribution in [-0.2, 0) is 4.79 Å². The smallest absolute Gasteiger partial charge is 0.229 e. The van der Waals surface area contributed by atoms with Gasteiger partial charge in [0.1, 0.15) is 5.76 Å². The predicted octanol–water partition coefficient (Wildman–Crippen LogP) is 2.12. The number of nitrogens with zero attached hydrogens (tertiary/aromatic N) is 1. The Labute approximate surface area is 103 Å². The fraction of sp³-hybridized carbons (Fsp3) is 0.231. The molecule has 0 saturated heterocycles. The number of aromatic nitrogens is 1. The van der Waals surface area contributed by atoms with E-state index in [1.807, 2.05) is 12.1 Å². The molecule has 0 unspecified atom stereocenters. The standard InChI is InChI=1S/C13H12N2O3/c16-10-3-1-5-14-12(10)15-13(17)9-7-8(9)11-4-2-6-18-11/h1-6,8-9,16H,7H2,(H,14,15,17)/t8-,9+/m1/s1. The summed E-state index contributed by atoms with van der Waals surface area (Å²) in [4.78, 5) is 15.8. The summed E-state index contributed by atoms with van der Waals surface area (Å²) in [7, 11) is 0. The SMILES string of the molecule is O=C(Nc1ncccc1O)[C@H]1C[C@H]1c1ccco1. The number of carbonyl (C=O) groups is 1. The molecule has 1 saturated carbocycles. The van der Waals surface area contributed by atoms with E-state index in [0.29, 0.717) is 0 Å². The molecule has 5 nitrogen and oxygen atoms in total. The van der Waals surface area contributed by atoms with Gasteiger partial charge in [-0.1, -0.05) is 0 Å². The van der Waals surface area contributed by atoms with Gasteiger partial charge in [0.25, 0.3) is 0 Å². The van der Waals surface area contributed by atoms with Gasteiger partial charge in [0.05, 0.1) is 6.26 Å². The van der Waals surface area contributed by atoms with Crippen molar-refractivity contribution in [1.82, 2.24) is 4.98 Å². The molecule has 18 heavy (non-hydrogen) atoms. The van der Waals surface area contributed by atoms with Crippen molar-refractivity contribution in [3.05, 3.63) is 42.5 Å². The van der Waals surface area contributed by atoms with Gasteiger partial charge < -0.3 is 14.8 Å². The molecule has 1 fully saturated rings. The van der Waals surface area contributed by atoms with Gasteiger partial charge in [-0.25, -0.2) is 4.98 Å². The molecule has 1 aliphatic carbocycles. The van der Waals surface area contributed by atoms with Crippen molar-refractivity contribution >= 4 is 11.7 Å². The topological polar surface area (TPSA) is 75.4 Å². The molecule has 0 spiro atoms. The molecule has 2 aromatic heterocycles. The number of pyridine rings is 1. The van der Waals surface area contributed by atoms with E-state index in [1.165, 1.54) is 12.3 Å². The number of hydrogen-bond acceptors (Lipinski definition) is 4. The van der Waals surface area contributed by atoms with E-state index in [1.54, 1.807) is 12.3 Å². The summed E-state index contributed by atoms with van der Waals surface area (Å²) in [6.07, 6.45) is 3.90. The van der Waals surface area contributed by atoms with Gasteiger partial charge in [-0.15, -0.1) is 0 Å². The lowest BCUT2D eigenvalue weighted by molar-refractivity contribution is -0.117. The molecule has 3 rings (SSSR count). The molecular formula is C13H12N2O3. The van der Waals surface area contributed by atoms with Crippen LogP contribution in [0.25, 0.3) is 0 Å². The Bertz CT molecular complexity index is 565. The van der Waals surface area contributed by atoms with Crippen molar-refractivity contribution in [3.63, 3.8) is 0 Å². The van der Waals surface area contributed by atoms with Crippen LogP contribution in [0.5, 0.6) is 5.75 Å². The number of amides is 1.